The van der Waals surface area contributed by atoms with Crippen LogP contribution in [0.2, 0.25) is 0 Å². The average molecular weight is 991 g/mol. The van der Waals surface area contributed by atoms with Crippen molar-refractivity contribution in [1.29, 1.82) is 0 Å². The second-order valence-electron chi connectivity index (χ2n) is 22.5. The first-order valence-corrected chi connectivity index (χ1v) is 32.3. The van der Waals surface area contributed by atoms with Gasteiger partial charge in [0.1, 0.15) is 0 Å². The lowest BCUT2D eigenvalue weighted by Gasteiger charge is -2.22. The van der Waals surface area contributed by atoms with Gasteiger partial charge in [-0.2, -0.15) is 0 Å². The van der Waals surface area contributed by atoms with E-state index < -0.39 is 12.1 Å². The molecule has 1 amide bonds. The van der Waals surface area contributed by atoms with E-state index in [1.165, 1.54) is 283 Å². The van der Waals surface area contributed by atoms with Crippen LogP contribution < -0.4 is 5.32 Å². The van der Waals surface area contributed by atoms with Gasteiger partial charge in [0.15, 0.2) is 0 Å². The molecule has 0 saturated carbocycles. The summed E-state index contributed by atoms with van der Waals surface area (Å²) in [6.07, 6.45) is 71.2. The molecule has 0 rings (SSSR count). The highest BCUT2D eigenvalue weighted by atomic mass is 16.5. The van der Waals surface area contributed by atoms with E-state index in [4.69, 9.17) is 4.74 Å². The summed E-state index contributed by atoms with van der Waals surface area (Å²) in [5.74, 6) is -0.0638. The molecule has 3 N–H and O–H groups in total. The molecule has 418 valence electrons. The second kappa shape index (κ2) is 60.4. The molecule has 0 radical (unpaired) electrons. The molecule has 6 nitrogen and oxygen atoms in total. The van der Waals surface area contributed by atoms with Crippen LogP contribution in [0.1, 0.15) is 373 Å². The van der Waals surface area contributed by atoms with E-state index in [0.717, 1.165) is 57.8 Å². The van der Waals surface area contributed by atoms with E-state index in [1.807, 2.05) is 0 Å². The van der Waals surface area contributed by atoms with Crippen molar-refractivity contribution in [1.82, 2.24) is 5.32 Å². The summed E-state index contributed by atoms with van der Waals surface area (Å²) in [7, 11) is 0. The zero-order valence-electron chi connectivity index (χ0n) is 47.8. The van der Waals surface area contributed by atoms with Crippen LogP contribution >= 0.6 is 0 Å². The van der Waals surface area contributed by atoms with Crippen LogP contribution in [0.25, 0.3) is 0 Å². The average Bonchev–Trinajstić information content (AvgIpc) is 3.36. The van der Waals surface area contributed by atoms with Crippen LogP contribution in [0.15, 0.2) is 0 Å². The quantitative estimate of drug-likeness (QED) is 0.0417. The number of ether oxygens (including phenoxy) is 1. The number of carbonyl (C=O) groups is 2. The highest BCUT2D eigenvalue weighted by Crippen LogP contribution is 2.19. The van der Waals surface area contributed by atoms with Gasteiger partial charge >= 0.3 is 5.97 Å². The van der Waals surface area contributed by atoms with Gasteiger partial charge in [-0.25, -0.2) is 0 Å². The molecule has 0 spiro atoms. The summed E-state index contributed by atoms with van der Waals surface area (Å²) in [4.78, 5) is 24.6. The zero-order valence-corrected chi connectivity index (χ0v) is 47.8. The van der Waals surface area contributed by atoms with Crippen molar-refractivity contribution in [2.45, 2.75) is 386 Å². The SMILES string of the molecule is CCCCCCCCCCCCCCCCCCCCCCCCCCC(O)C(CO)NC(=O)CCCCCCCCCCCCOC(=O)CCCCCCCCCCCCCCCCCCCCC. The first kappa shape index (κ1) is 68.9. The standard InChI is InChI=1S/C64H127NO5/c1-3-5-7-9-11-13-15-17-19-21-23-24-25-26-27-29-30-32-34-36-40-44-48-52-56-62(67)61(60-66)65-63(68)57-53-49-45-41-38-39-43-47-51-55-59-70-64(69)58-54-50-46-42-37-35-33-31-28-22-20-18-16-14-12-10-8-6-4-2/h61-62,66-67H,3-60H2,1-2H3,(H,65,68). The van der Waals surface area contributed by atoms with Gasteiger partial charge in [0.2, 0.25) is 5.91 Å². The van der Waals surface area contributed by atoms with Crippen molar-refractivity contribution in [2.24, 2.45) is 0 Å². The Bertz CT molecular complexity index is 1010. The number of unbranched alkanes of at least 4 members (excludes halogenated alkanes) is 50. The number of aliphatic hydroxyl groups excluding tert-OH is 2. The summed E-state index contributed by atoms with van der Waals surface area (Å²) in [6, 6.07) is -0.558. The Morgan fingerprint density at radius 1 is 0.343 bits per heavy atom. The van der Waals surface area contributed by atoms with Crippen molar-refractivity contribution in [3.05, 3.63) is 0 Å². The largest absolute Gasteiger partial charge is 0.466 e. The third-order valence-electron chi connectivity index (χ3n) is 15.4. The second-order valence-corrected chi connectivity index (χ2v) is 22.5. The molecule has 0 saturated heterocycles. The maximum atomic E-state index is 12.5. The van der Waals surface area contributed by atoms with Crippen LogP contribution in [0.3, 0.4) is 0 Å². The van der Waals surface area contributed by atoms with Crippen molar-refractivity contribution < 1.29 is 24.5 Å². The lowest BCUT2D eigenvalue weighted by molar-refractivity contribution is -0.143. The summed E-state index contributed by atoms with van der Waals surface area (Å²) in [5.41, 5.74) is 0. The van der Waals surface area contributed by atoms with E-state index in [2.05, 4.69) is 19.2 Å². The van der Waals surface area contributed by atoms with Gasteiger partial charge in [0.25, 0.3) is 0 Å². The van der Waals surface area contributed by atoms with Gasteiger partial charge in [-0.15, -0.1) is 0 Å². The third-order valence-corrected chi connectivity index (χ3v) is 15.4. The fraction of sp³-hybridized carbons (Fsp3) is 0.969. The maximum absolute atomic E-state index is 12.5. The zero-order chi connectivity index (χ0) is 50.7. The Hall–Kier alpha value is -1.14. The molecule has 0 aromatic heterocycles. The fourth-order valence-electron chi connectivity index (χ4n) is 10.5. The summed E-state index contributed by atoms with van der Waals surface area (Å²) in [6.45, 7) is 4.95. The normalized spacial score (nSPS) is 12.5. The Labute approximate surface area is 438 Å². The predicted octanol–water partition coefficient (Wildman–Crippen LogP) is 20.3. The van der Waals surface area contributed by atoms with Crippen LogP contribution in [-0.4, -0.2) is 47.4 Å². The van der Waals surface area contributed by atoms with Gasteiger partial charge in [-0.05, 0) is 25.7 Å². The van der Waals surface area contributed by atoms with Crippen molar-refractivity contribution >= 4 is 11.9 Å². The number of amides is 1. The van der Waals surface area contributed by atoms with Crippen LogP contribution in [-0.2, 0) is 14.3 Å². The summed E-state index contributed by atoms with van der Waals surface area (Å²) in [5, 5.41) is 23.4. The highest BCUT2D eigenvalue weighted by molar-refractivity contribution is 5.76. The van der Waals surface area contributed by atoms with E-state index >= 15 is 0 Å². The lowest BCUT2D eigenvalue weighted by atomic mass is 10.0. The molecule has 2 unspecified atom stereocenters. The molecule has 0 aliphatic heterocycles. The van der Waals surface area contributed by atoms with E-state index in [0.29, 0.717) is 25.9 Å². The minimum atomic E-state index is -0.679. The molecule has 2 atom stereocenters. The summed E-state index contributed by atoms with van der Waals surface area (Å²) < 4.78 is 5.49. The van der Waals surface area contributed by atoms with Crippen LogP contribution in [0, 0.1) is 0 Å². The molecular weight excluding hydrogens is 863 g/mol. The van der Waals surface area contributed by atoms with Gasteiger partial charge in [-0.1, -0.05) is 335 Å². The Morgan fingerprint density at radius 2 is 0.586 bits per heavy atom. The van der Waals surface area contributed by atoms with E-state index in [1.54, 1.807) is 0 Å². The molecule has 0 bridgehead atoms. The van der Waals surface area contributed by atoms with Gasteiger partial charge in [0.05, 0.1) is 25.4 Å². The minimum Gasteiger partial charge on any atom is -0.466 e. The predicted molar refractivity (Wildman–Crippen MR) is 306 cm³/mol. The molecule has 0 aliphatic rings. The third kappa shape index (κ3) is 56.2. The molecule has 0 fully saturated rings. The fourth-order valence-corrected chi connectivity index (χ4v) is 10.5. The van der Waals surface area contributed by atoms with E-state index in [-0.39, 0.29) is 18.5 Å². The molecule has 0 aromatic rings. The van der Waals surface area contributed by atoms with Crippen molar-refractivity contribution in [3.63, 3.8) is 0 Å². The van der Waals surface area contributed by atoms with Gasteiger partial charge in [0, 0.05) is 12.8 Å². The van der Waals surface area contributed by atoms with Crippen LogP contribution in [0.4, 0.5) is 0 Å². The maximum Gasteiger partial charge on any atom is 0.305 e. The number of esters is 1. The van der Waals surface area contributed by atoms with Gasteiger partial charge in [-0.3, -0.25) is 9.59 Å². The molecule has 0 heterocycles. The molecule has 0 aliphatic carbocycles. The lowest BCUT2D eigenvalue weighted by Crippen LogP contribution is -2.45. The Morgan fingerprint density at radius 3 is 0.871 bits per heavy atom. The number of carbonyl (C=O) groups excluding carboxylic acids is 2. The topological polar surface area (TPSA) is 95.9 Å². The van der Waals surface area contributed by atoms with Gasteiger partial charge < -0.3 is 20.3 Å². The van der Waals surface area contributed by atoms with Crippen LogP contribution in [0.5, 0.6) is 0 Å². The Balaban J connectivity index is 3.42. The number of aliphatic hydroxyl groups is 2. The molecular formula is C64H127NO5. The summed E-state index contributed by atoms with van der Waals surface area (Å²) >= 11 is 0. The number of hydrogen-bond donors (Lipinski definition) is 3. The molecule has 70 heavy (non-hydrogen) atoms. The Kier molecular flexibility index (Phi) is 59.4. The molecule has 0 aromatic carbocycles. The smallest absolute Gasteiger partial charge is 0.305 e. The minimum absolute atomic E-state index is 0.0120. The number of nitrogens with one attached hydrogen (secondary N) is 1. The molecule has 6 heteroatoms. The van der Waals surface area contributed by atoms with E-state index in [9.17, 15) is 19.8 Å². The first-order valence-electron chi connectivity index (χ1n) is 32.3. The number of hydrogen-bond acceptors (Lipinski definition) is 5. The van der Waals surface area contributed by atoms with Crippen molar-refractivity contribution in [2.75, 3.05) is 13.2 Å². The van der Waals surface area contributed by atoms with Crippen molar-refractivity contribution in [3.8, 4) is 0 Å². The highest BCUT2D eigenvalue weighted by Gasteiger charge is 2.20. The monoisotopic (exact) mass is 990 g/mol. The first-order chi connectivity index (χ1) is 34.5. The number of rotatable bonds is 61.